The highest BCUT2D eigenvalue weighted by molar-refractivity contribution is 7.99. The molecule has 1 aromatic rings. The molecule has 21 heavy (non-hydrogen) atoms. The van der Waals surface area contributed by atoms with Gasteiger partial charge in [0, 0.05) is 11.3 Å². The molecule has 2 unspecified atom stereocenters. The summed E-state index contributed by atoms with van der Waals surface area (Å²) in [5.74, 6) is 0. The summed E-state index contributed by atoms with van der Waals surface area (Å²) in [6, 6.07) is 2.79. The Bertz CT molecular complexity index is 599. The molecule has 0 aliphatic heterocycles. The van der Waals surface area contributed by atoms with Crippen LogP contribution in [0.15, 0.2) is 9.95 Å². The van der Waals surface area contributed by atoms with Crippen LogP contribution in [0.4, 0.5) is 0 Å². The van der Waals surface area contributed by atoms with Crippen LogP contribution in [0.2, 0.25) is 0 Å². The first-order chi connectivity index (χ1) is 10.2. The van der Waals surface area contributed by atoms with Crippen LogP contribution in [0.1, 0.15) is 51.5 Å². The van der Waals surface area contributed by atoms with E-state index in [4.69, 9.17) is 0 Å². The van der Waals surface area contributed by atoms with Gasteiger partial charge in [-0.15, -0.1) is 5.10 Å². The van der Waals surface area contributed by atoms with E-state index in [1.165, 1.54) is 0 Å². The highest BCUT2D eigenvalue weighted by atomic mass is 32.2. The first-order valence-electron chi connectivity index (χ1n) is 7.67. The lowest BCUT2D eigenvalue weighted by molar-refractivity contribution is 0.424. The monoisotopic (exact) mass is 307 g/mol. The lowest BCUT2D eigenvalue weighted by Gasteiger charge is -2.22. The average molecular weight is 307 g/mol. The largest absolute Gasteiger partial charge is 0.344 e. The molecule has 2 fully saturated rings. The Morgan fingerprint density at radius 2 is 2.38 bits per heavy atom. The van der Waals surface area contributed by atoms with E-state index < -0.39 is 5.54 Å². The van der Waals surface area contributed by atoms with Crippen LogP contribution in [0.3, 0.4) is 0 Å². The van der Waals surface area contributed by atoms with Crippen molar-refractivity contribution < 1.29 is 0 Å². The van der Waals surface area contributed by atoms with Crippen molar-refractivity contribution in [3.63, 3.8) is 0 Å². The van der Waals surface area contributed by atoms with Gasteiger partial charge in [-0.2, -0.15) is 5.26 Å². The molecule has 0 aromatic carbocycles. The molecular weight excluding hydrogens is 286 g/mol. The number of nitriles is 1. The zero-order valence-electron chi connectivity index (χ0n) is 12.3. The number of aromatic nitrogens is 3. The maximum atomic E-state index is 11.8. The molecule has 0 amide bonds. The molecule has 2 aliphatic carbocycles. The van der Waals surface area contributed by atoms with Crippen LogP contribution in [0.25, 0.3) is 0 Å². The van der Waals surface area contributed by atoms with E-state index in [0.717, 1.165) is 50.2 Å². The lowest BCUT2D eigenvalue weighted by atomic mass is 10.00. The maximum absolute atomic E-state index is 11.8. The number of hydrogen-bond acceptors (Lipinski definition) is 5. The molecule has 2 N–H and O–H groups in total. The second kappa shape index (κ2) is 5.85. The molecule has 1 heterocycles. The van der Waals surface area contributed by atoms with Gasteiger partial charge in [0.25, 0.3) is 0 Å². The smallest absolute Gasteiger partial charge is 0.299 e. The Morgan fingerprint density at radius 3 is 3.05 bits per heavy atom. The maximum Gasteiger partial charge on any atom is 0.344 e. The Morgan fingerprint density at radius 1 is 1.57 bits per heavy atom. The van der Waals surface area contributed by atoms with Gasteiger partial charge < -0.3 is 0 Å². The third kappa shape index (κ3) is 3.01. The van der Waals surface area contributed by atoms with Crippen LogP contribution in [-0.2, 0) is 0 Å². The molecule has 0 radical (unpaired) electrons. The van der Waals surface area contributed by atoms with Gasteiger partial charge in [-0.1, -0.05) is 18.7 Å². The molecular formula is C14H21N5OS. The summed E-state index contributed by atoms with van der Waals surface area (Å²) in [6.45, 7) is 2.98. The van der Waals surface area contributed by atoms with Crippen LogP contribution >= 0.6 is 11.8 Å². The Balaban J connectivity index is 1.67. The third-order valence-electron chi connectivity index (χ3n) is 4.25. The number of nitrogens with one attached hydrogen (secondary N) is 2. The summed E-state index contributed by atoms with van der Waals surface area (Å²) < 4.78 is 1.79. The van der Waals surface area contributed by atoms with Crippen LogP contribution in [-0.4, -0.2) is 32.1 Å². The molecule has 3 rings (SSSR count). The fraction of sp³-hybridized carbons (Fsp3) is 0.786. The second-order valence-electron chi connectivity index (χ2n) is 6.02. The molecule has 0 spiro atoms. The predicted molar refractivity (Wildman–Crippen MR) is 81.3 cm³/mol. The van der Waals surface area contributed by atoms with Crippen molar-refractivity contribution >= 4 is 11.8 Å². The van der Waals surface area contributed by atoms with E-state index in [2.05, 4.69) is 28.5 Å². The predicted octanol–water partition coefficient (Wildman–Crippen LogP) is 1.81. The third-order valence-corrected chi connectivity index (χ3v) is 5.49. The SMILES string of the molecule is CCCNC1(C#N)CCC(Sc2n[nH]c(=O)n2C2CC2)C1. The fourth-order valence-electron chi connectivity index (χ4n) is 2.94. The van der Waals surface area contributed by atoms with E-state index in [9.17, 15) is 10.1 Å². The van der Waals surface area contributed by atoms with Crippen molar-refractivity contribution in [2.24, 2.45) is 0 Å². The Hall–Kier alpha value is -1.26. The Kier molecular flexibility index (Phi) is 4.09. The van der Waals surface area contributed by atoms with Gasteiger partial charge in [-0.25, -0.2) is 9.89 Å². The zero-order valence-corrected chi connectivity index (χ0v) is 13.1. The van der Waals surface area contributed by atoms with E-state index in [1.54, 1.807) is 16.3 Å². The summed E-state index contributed by atoms with van der Waals surface area (Å²) in [4.78, 5) is 11.8. The molecule has 0 bridgehead atoms. The summed E-state index contributed by atoms with van der Waals surface area (Å²) in [7, 11) is 0. The van der Waals surface area contributed by atoms with E-state index in [1.807, 2.05) is 0 Å². The number of hydrogen-bond donors (Lipinski definition) is 2. The van der Waals surface area contributed by atoms with E-state index in [0.29, 0.717) is 11.3 Å². The number of H-pyrrole nitrogens is 1. The minimum absolute atomic E-state index is 0.103. The van der Waals surface area contributed by atoms with Gasteiger partial charge >= 0.3 is 5.69 Å². The summed E-state index contributed by atoms with van der Waals surface area (Å²) >= 11 is 1.65. The second-order valence-corrected chi connectivity index (χ2v) is 7.28. The van der Waals surface area contributed by atoms with Gasteiger partial charge in [-0.3, -0.25) is 9.88 Å². The fourth-order valence-corrected chi connectivity index (χ4v) is 4.29. The molecule has 0 saturated heterocycles. The highest BCUT2D eigenvalue weighted by Gasteiger charge is 2.40. The number of thioether (sulfide) groups is 1. The summed E-state index contributed by atoms with van der Waals surface area (Å²) in [6.07, 6.45) is 5.84. The van der Waals surface area contributed by atoms with Crippen molar-refractivity contribution in [1.82, 2.24) is 20.1 Å². The molecule has 2 atom stereocenters. The van der Waals surface area contributed by atoms with Crippen molar-refractivity contribution in [1.29, 1.82) is 5.26 Å². The summed E-state index contributed by atoms with van der Waals surface area (Å²) in [5.41, 5.74) is -0.497. The minimum atomic E-state index is -0.394. The minimum Gasteiger partial charge on any atom is -0.299 e. The number of rotatable bonds is 6. The van der Waals surface area contributed by atoms with E-state index in [-0.39, 0.29) is 5.69 Å². The van der Waals surface area contributed by atoms with Gasteiger partial charge in [0.1, 0.15) is 5.54 Å². The van der Waals surface area contributed by atoms with E-state index >= 15 is 0 Å². The van der Waals surface area contributed by atoms with Crippen molar-refractivity contribution in [2.75, 3.05) is 6.54 Å². The first kappa shape index (κ1) is 14.7. The van der Waals surface area contributed by atoms with Gasteiger partial charge in [0.15, 0.2) is 5.16 Å². The molecule has 2 saturated carbocycles. The topological polar surface area (TPSA) is 86.5 Å². The number of aromatic amines is 1. The van der Waals surface area contributed by atoms with Crippen molar-refractivity contribution in [3.8, 4) is 6.07 Å². The molecule has 1 aromatic heterocycles. The summed E-state index contributed by atoms with van der Waals surface area (Å²) in [5, 5.41) is 20.7. The van der Waals surface area contributed by atoms with Crippen molar-refractivity contribution in [3.05, 3.63) is 10.5 Å². The van der Waals surface area contributed by atoms with Crippen LogP contribution in [0, 0.1) is 11.3 Å². The van der Waals surface area contributed by atoms with Crippen molar-refractivity contribution in [2.45, 2.75) is 67.4 Å². The molecule has 6 nitrogen and oxygen atoms in total. The van der Waals surface area contributed by atoms with Gasteiger partial charge in [0.2, 0.25) is 0 Å². The Labute approximate surface area is 128 Å². The first-order valence-corrected chi connectivity index (χ1v) is 8.55. The van der Waals surface area contributed by atoms with Crippen LogP contribution in [0.5, 0.6) is 0 Å². The van der Waals surface area contributed by atoms with Gasteiger partial charge in [-0.05, 0) is 45.1 Å². The molecule has 114 valence electrons. The zero-order chi connectivity index (χ0) is 14.9. The standard InChI is InChI=1S/C14H21N5OS/c1-2-7-16-14(9-15)6-5-11(8-14)21-13-18-17-12(20)19(13)10-3-4-10/h10-11,16H,2-8H2,1H3,(H,17,20). The highest BCUT2D eigenvalue weighted by Crippen LogP contribution is 2.42. The average Bonchev–Trinajstić information content (AvgIpc) is 3.14. The molecule has 7 heteroatoms. The van der Waals surface area contributed by atoms with Gasteiger partial charge in [0.05, 0.1) is 6.07 Å². The lowest BCUT2D eigenvalue weighted by Crippen LogP contribution is -2.42. The molecule has 2 aliphatic rings. The normalized spacial score (nSPS) is 28.7. The van der Waals surface area contributed by atoms with Crippen LogP contribution < -0.4 is 11.0 Å². The number of nitrogens with zero attached hydrogens (tertiary/aromatic N) is 3. The quantitative estimate of drug-likeness (QED) is 0.837.